The number of aromatic nitrogens is 3. The second-order valence-corrected chi connectivity index (χ2v) is 8.59. The Labute approximate surface area is 217 Å². The van der Waals surface area contributed by atoms with Crippen LogP contribution in [0.3, 0.4) is 0 Å². The number of anilines is 1. The summed E-state index contributed by atoms with van der Waals surface area (Å²) in [4.78, 5) is 40.6. The first-order valence-electron chi connectivity index (χ1n) is 11.8. The fourth-order valence-corrected chi connectivity index (χ4v) is 4.01. The maximum absolute atomic E-state index is 12.8. The monoisotopic (exact) mass is 502 g/mol. The smallest absolute Gasteiger partial charge is 0.335 e. The zero-order valence-electron chi connectivity index (χ0n) is 20.1. The van der Waals surface area contributed by atoms with Gasteiger partial charge in [-0.05, 0) is 60.2 Å². The number of ketones is 1. The van der Waals surface area contributed by atoms with E-state index in [-0.39, 0.29) is 23.7 Å². The minimum absolute atomic E-state index is 0.115. The molecular formula is C30H22N4O4. The molecule has 8 nitrogen and oxygen atoms in total. The number of amides is 1. The molecule has 186 valence electrons. The van der Waals surface area contributed by atoms with E-state index in [9.17, 15) is 14.4 Å². The van der Waals surface area contributed by atoms with Gasteiger partial charge >= 0.3 is 5.97 Å². The summed E-state index contributed by atoms with van der Waals surface area (Å²) >= 11 is 0. The van der Waals surface area contributed by atoms with E-state index in [4.69, 9.17) is 5.11 Å². The molecule has 0 unspecified atom stereocenters. The first-order valence-corrected chi connectivity index (χ1v) is 11.8. The lowest BCUT2D eigenvalue weighted by Crippen LogP contribution is -2.12. The number of fused-ring (bicyclic) bond motifs is 1. The predicted octanol–water partition coefficient (Wildman–Crippen LogP) is 5.50. The largest absolute Gasteiger partial charge is 0.478 e. The van der Waals surface area contributed by atoms with Gasteiger partial charge in [-0.25, -0.2) is 4.79 Å². The van der Waals surface area contributed by atoms with E-state index in [1.165, 1.54) is 24.3 Å². The average molecular weight is 503 g/mol. The van der Waals surface area contributed by atoms with Gasteiger partial charge < -0.3 is 10.4 Å². The first-order chi connectivity index (χ1) is 18.5. The predicted molar refractivity (Wildman–Crippen MR) is 145 cm³/mol. The van der Waals surface area contributed by atoms with Gasteiger partial charge in [0, 0.05) is 40.9 Å². The van der Waals surface area contributed by atoms with Crippen LogP contribution in [0.4, 0.5) is 5.69 Å². The van der Waals surface area contributed by atoms with Gasteiger partial charge in [0.25, 0.3) is 5.91 Å². The molecule has 0 saturated heterocycles. The number of aromatic carboxylic acids is 1. The van der Waals surface area contributed by atoms with Crippen LogP contribution in [0.1, 0.15) is 47.9 Å². The minimum atomic E-state index is -1.04. The van der Waals surface area contributed by atoms with E-state index in [0.29, 0.717) is 28.1 Å². The number of hydrogen-bond acceptors (Lipinski definition) is 5. The van der Waals surface area contributed by atoms with Crippen molar-refractivity contribution in [2.45, 2.75) is 6.42 Å². The Kier molecular flexibility index (Phi) is 6.86. The van der Waals surface area contributed by atoms with E-state index in [1.54, 1.807) is 30.6 Å². The zero-order valence-corrected chi connectivity index (χ0v) is 20.1. The summed E-state index contributed by atoms with van der Waals surface area (Å²) in [5.41, 5.74) is 4.75. The van der Waals surface area contributed by atoms with Crippen molar-refractivity contribution in [1.82, 2.24) is 15.2 Å². The topological polar surface area (TPSA) is 125 Å². The molecule has 8 heteroatoms. The number of nitrogens with zero attached hydrogens (tertiary/aromatic N) is 2. The van der Waals surface area contributed by atoms with Crippen LogP contribution in [0.5, 0.6) is 0 Å². The highest BCUT2D eigenvalue weighted by molar-refractivity contribution is 6.05. The van der Waals surface area contributed by atoms with Gasteiger partial charge in [-0.2, -0.15) is 5.10 Å². The van der Waals surface area contributed by atoms with Crippen molar-refractivity contribution >= 4 is 46.4 Å². The van der Waals surface area contributed by atoms with Crippen LogP contribution in [0.25, 0.3) is 23.1 Å². The van der Waals surface area contributed by atoms with Crippen LogP contribution >= 0.6 is 0 Å². The minimum Gasteiger partial charge on any atom is -0.478 e. The molecule has 0 bridgehead atoms. The normalized spacial score (nSPS) is 11.1. The van der Waals surface area contributed by atoms with E-state index in [1.807, 2.05) is 48.6 Å². The number of aromatic amines is 1. The fourth-order valence-electron chi connectivity index (χ4n) is 4.01. The van der Waals surface area contributed by atoms with E-state index < -0.39 is 5.97 Å². The Morgan fingerprint density at radius 1 is 0.868 bits per heavy atom. The summed E-state index contributed by atoms with van der Waals surface area (Å²) in [7, 11) is 0. The maximum atomic E-state index is 12.8. The standard InChI is InChI=1S/C30H22N4O4/c35-28(20-7-9-22(10-8-20)30(37)38)17-19-6-12-26-24(16-19)27(34-33-26)13-11-23-18-31-15-14-25(23)32-29(36)21-4-2-1-3-5-21/h1-16,18H,17H2,(H,33,34)(H,37,38)(H,31,32,36)/b13-11+. The molecule has 0 aliphatic carbocycles. The summed E-state index contributed by atoms with van der Waals surface area (Å²) in [6.07, 6.45) is 7.08. The number of benzene rings is 3. The molecule has 0 saturated carbocycles. The number of hydrogen-bond donors (Lipinski definition) is 3. The molecule has 3 N–H and O–H groups in total. The molecule has 0 aliphatic heterocycles. The molecule has 0 aliphatic rings. The van der Waals surface area contributed by atoms with Gasteiger partial charge in [0.05, 0.1) is 22.5 Å². The Balaban J connectivity index is 1.35. The van der Waals surface area contributed by atoms with Crippen LogP contribution in [0, 0.1) is 0 Å². The molecule has 0 atom stereocenters. The number of H-pyrrole nitrogens is 1. The fraction of sp³-hybridized carbons (Fsp3) is 0.0333. The average Bonchev–Trinajstić information content (AvgIpc) is 3.35. The second-order valence-electron chi connectivity index (χ2n) is 8.59. The van der Waals surface area contributed by atoms with Gasteiger partial charge in [0.1, 0.15) is 0 Å². The lowest BCUT2D eigenvalue weighted by molar-refractivity contribution is 0.0696. The number of pyridine rings is 1. The molecular weight excluding hydrogens is 480 g/mol. The van der Waals surface area contributed by atoms with Gasteiger partial charge in [0.15, 0.2) is 5.78 Å². The molecule has 1 amide bonds. The molecule has 38 heavy (non-hydrogen) atoms. The van der Waals surface area contributed by atoms with Crippen LogP contribution in [0.15, 0.2) is 91.3 Å². The van der Waals surface area contributed by atoms with Crippen LogP contribution in [0.2, 0.25) is 0 Å². The van der Waals surface area contributed by atoms with Crippen molar-refractivity contribution in [2.75, 3.05) is 5.32 Å². The zero-order chi connectivity index (χ0) is 26.5. The number of carbonyl (C=O) groups excluding carboxylic acids is 2. The SMILES string of the molecule is O=C(O)c1ccc(C(=O)Cc2ccc3[nH]nc(/C=C/c4cnccc4NC(=O)c4ccccc4)c3c2)cc1. The summed E-state index contributed by atoms with van der Waals surface area (Å²) in [6, 6.07) is 22.2. The highest BCUT2D eigenvalue weighted by Gasteiger charge is 2.12. The number of nitrogens with one attached hydrogen (secondary N) is 2. The van der Waals surface area contributed by atoms with E-state index in [0.717, 1.165) is 16.5 Å². The molecule has 0 spiro atoms. The number of carboxylic acid groups (broad SMARTS) is 1. The lowest BCUT2D eigenvalue weighted by atomic mass is 10.0. The Morgan fingerprint density at radius 3 is 2.39 bits per heavy atom. The Morgan fingerprint density at radius 2 is 1.63 bits per heavy atom. The van der Waals surface area contributed by atoms with Crippen molar-refractivity contribution in [3.63, 3.8) is 0 Å². The van der Waals surface area contributed by atoms with Gasteiger partial charge in [0.2, 0.25) is 0 Å². The highest BCUT2D eigenvalue weighted by Crippen LogP contribution is 2.23. The molecule has 5 rings (SSSR count). The summed E-state index contributed by atoms with van der Waals surface area (Å²) < 4.78 is 0. The number of carboxylic acids is 1. The van der Waals surface area contributed by atoms with Crippen molar-refractivity contribution in [1.29, 1.82) is 0 Å². The Bertz CT molecular complexity index is 1670. The molecule has 0 fully saturated rings. The summed E-state index contributed by atoms with van der Waals surface area (Å²) in [5.74, 6) is -1.37. The molecule has 3 aromatic carbocycles. The number of carbonyl (C=O) groups is 3. The summed E-state index contributed by atoms with van der Waals surface area (Å²) in [6.45, 7) is 0. The van der Waals surface area contributed by atoms with Crippen molar-refractivity contribution in [3.8, 4) is 0 Å². The van der Waals surface area contributed by atoms with Crippen LogP contribution in [-0.4, -0.2) is 37.9 Å². The highest BCUT2D eigenvalue weighted by atomic mass is 16.4. The quantitative estimate of drug-likeness (QED) is 0.241. The third-order valence-electron chi connectivity index (χ3n) is 6.03. The second kappa shape index (κ2) is 10.7. The van der Waals surface area contributed by atoms with Gasteiger partial charge in [-0.1, -0.05) is 36.4 Å². The van der Waals surface area contributed by atoms with Gasteiger partial charge in [-0.15, -0.1) is 0 Å². The van der Waals surface area contributed by atoms with Crippen molar-refractivity contribution < 1.29 is 19.5 Å². The van der Waals surface area contributed by atoms with Crippen LogP contribution in [-0.2, 0) is 6.42 Å². The van der Waals surface area contributed by atoms with Gasteiger partial charge in [-0.3, -0.25) is 19.7 Å². The number of Topliss-reactive ketones (excluding diaryl/α,β-unsaturated/α-hetero) is 1. The molecule has 2 aromatic heterocycles. The summed E-state index contributed by atoms with van der Waals surface area (Å²) in [5, 5.41) is 20.2. The van der Waals surface area contributed by atoms with Crippen molar-refractivity contribution in [3.05, 3.63) is 125 Å². The Hall–Kier alpha value is -5.37. The molecule has 2 heterocycles. The third-order valence-corrected chi connectivity index (χ3v) is 6.03. The van der Waals surface area contributed by atoms with E-state index in [2.05, 4.69) is 20.5 Å². The first kappa shape index (κ1) is 24.3. The lowest BCUT2D eigenvalue weighted by Gasteiger charge is -2.08. The van der Waals surface area contributed by atoms with E-state index >= 15 is 0 Å². The third kappa shape index (κ3) is 5.39. The molecule has 0 radical (unpaired) electrons. The number of rotatable bonds is 8. The maximum Gasteiger partial charge on any atom is 0.335 e. The van der Waals surface area contributed by atoms with Crippen LogP contribution < -0.4 is 5.32 Å². The molecule has 5 aromatic rings. The van der Waals surface area contributed by atoms with Crippen molar-refractivity contribution in [2.24, 2.45) is 0 Å².